The maximum absolute atomic E-state index is 6.24. The molecule has 2 rings (SSSR count). The van der Waals surface area contributed by atoms with Crippen molar-refractivity contribution in [2.75, 3.05) is 6.54 Å². The van der Waals surface area contributed by atoms with E-state index in [9.17, 15) is 0 Å². The Bertz CT molecular complexity index is 365. The summed E-state index contributed by atoms with van der Waals surface area (Å²) in [4.78, 5) is 0. The standard InChI is InChI=1S/C17H28N2/c1-13(12-18)11-17(19)16-9-7-15(8-10-16)14-5-3-2-4-6-14/h7-10,13-14,17H,2-6,11-12,18-19H2,1H3. The molecule has 2 nitrogen and oxygen atoms in total. The van der Waals surface area contributed by atoms with Crippen molar-refractivity contribution in [1.29, 1.82) is 0 Å². The van der Waals surface area contributed by atoms with E-state index in [4.69, 9.17) is 11.5 Å². The third-order valence-corrected chi connectivity index (χ3v) is 4.50. The highest BCUT2D eigenvalue weighted by Gasteiger charge is 2.16. The van der Waals surface area contributed by atoms with Gasteiger partial charge in [-0.25, -0.2) is 0 Å². The van der Waals surface area contributed by atoms with Crippen molar-refractivity contribution in [1.82, 2.24) is 0 Å². The Morgan fingerprint density at radius 2 is 1.74 bits per heavy atom. The van der Waals surface area contributed by atoms with Crippen LogP contribution in [0.25, 0.3) is 0 Å². The van der Waals surface area contributed by atoms with E-state index in [0.29, 0.717) is 12.5 Å². The maximum atomic E-state index is 6.24. The van der Waals surface area contributed by atoms with Gasteiger partial charge in [0, 0.05) is 6.04 Å². The summed E-state index contributed by atoms with van der Waals surface area (Å²) in [5.74, 6) is 1.27. The first kappa shape index (κ1) is 14.5. The Hall–Kier alpha value is -0.860. The molecule has 0 heterocycles. The minimum absolute atomic E-state index is 0.124. The summed E-state index contributed by atoms with van der Waals surface area (Å²) in [6.07, 6.45) is 7.88. The zero-order chi connectivity index (χ0) is 13.7. The van der Waals surface area contributed by atoms with Gasteiger partial charge >= 0.3 is 0 Å². The van der Waals surface area contributed by atoms with E-state index in [2.05, 4.69) is 31.2 Å². The van der Waals surface area contributed by atoms with Gasteiger partial charge in [-0.3, -0.25) is 0 Å². The molecule has 1 aromatic rings. The Balaban J connectivity index is 1.97. The summed E-state index contributed by atoms with van der Waals surface area (Å²) in [6, 6.07) is 9.14. The normalized spacial score (nSPS) is 20.2. The molecular formula is C17H28N2. The van der Waals surface area contributed by atoms with Crippen molar-refractivity contribution in [2.45, 2.75) is 57.4 Å². The van der Waals surface area contributed by atoms with E-state index in [1.54, 1.807) is 0 Å². The average molecular weight is 260 g/mol. The Morgan fingerprint density at radius 1 is 1.11 bits per heavy atom. The van der Waals surface area contributed by atoms with Crippen molar-refractivity contribution in [2.24, 2.45) is 17.4 Å². The number of benzene rings is 1. The van der Waals surface area contributed by atoms with Gasteiger partial charge in [-0.05, 0) is 48.8 Å². The highest BCUT2D eigenvalue weighted by atomic mass is 14.6. The molecular weight excluding hydrogens is 232 g/mol. The van der Waals surface area contributed by atoms with E-state index in [1.807, 2.05) is 0 Å². The summed E-state index contributed by atoms with van der Waals surface area (Å²) in [7, 11) is 0. The second-order valence-electron chi connectivity index (χ2n) is 6.18. The van der Waals surface area contributed by atoms with E-state index in [1.165, 1.54) is 43.2 Å². The molecule has 106 valence electrons. The number of rotatable bonds is 5. The first-order valence-electron chi connectivity index (χ1n) is 7.76. The van der Waals surface area contributed by atoms with Crippen LogP contribution in [-0.2, 0) is 0 Å². The molecule has 4 N–H and O–H groups in total. The minimum atomic E-state index is 0.124. The Labute approximate surface area is 117 Å². The van der Waals surface area contributed by atoms with Crippen LogP contribution in [0.15, 0.2) is 24.3 Å². The lowest BCUT2D eigenvalue weighted by molar-refractivity contribution is 0.443. The SMILES string of the molecule is CC(CN)CC(N)c1ccc(C2CCCCC2)cc1. The van der Waals surface area contributed by atoms with Gasteiger partial charge in [-0.15, -0.1) is 0 Å². The largest absolute Gasteiger partial charge is 0.330 e. The molecule has 0 amide bonds. The van der Waals surface area contributed by atoms with Crippen LogP contribution in [0, 0.1) is 5.92 Å². The van der Waals surface area contributed by atoms with Crippen molar-refractivity contribution < 1.29 is 0 Å². The second kappa shape index (κ2) is 7.06. The van der Waals surface area contributed by atoms with Gasteiger partial charge in [-0.2, -0.15) is 0 Å². The molecule has 0 saturated heterocycles. The molecule has 0 aliphatic heterocycles. The fraction of sp³-hybridized carbons (Fsp3) is 0.647. The molecule has 0 aromatic heterocycles. The molecule has 2 unspecified atom stereocenters. The number of hydrogen-bond donors (Lipinski definition) is 2. The highest BCUT2D eigenvalue weighted by molar-refractivity contribution is 5.27. The van der Waals surface area contributed by atoms with E-state index < -0.39 is 0 Å². The van der Waals surface area contributed by atoms with Gasteiger partial charge in [0.1, 0.15) is 0 Å². The summed E-state index contributed by atoms with van der Waals surface area (Å²) in [6.45, 7) is 2.88. The third kappa shape index (κ3) is 4.05. The smallest absolute Gasteiger partial charge is 0.0297 e. The van der Waals surface area contributed by atoms with Gasteiger partial charge in [-0.1, -0.05) is 50.5 Å². The van der Waals surface area contributed by atoms with Crippen LogP contribution in [0.2, 0.25) is 0 Å². The van der Waals surface area contributed by atoms with Crippen LogP contribution in [0.5, 0.6) is 0 Å². The van der Waals surface area contributed by atoms with Gasteiger partial charge in [0.25, 0.3) is 0 Å². The molecule has 1 aliphatic carbocycles. The lowest BCUT2D eigenvalue weighted by atomic mass is 9.83. The molecule has 2 atom stereocenters. The molecule has 1 fully saturated rings. The van der Waals surface area contributed by atoms with Crippen LogP contribution in [0.4, 0.5) is 0 Å². The predicted octanol–water partition coefficient (Wildman–Crippen LogP) is 3.72. The first-order valence-corrected chi connectivity index (χ1v) is 7.76. The fourth-order valence-corrected chi connectivity index (χ4v) is 3.12. The second-order valence-corrected chi connectivity index (χ2v) is 6.18. The average Bonchev–Trinajstić information content (AvgIpc) is 2.48. The lowest BCUT2D eigenvalue weighted by Gasteiger charge is -2.23. The monoisotopic (exact) mass is 260 g/mol. The van der Waals surface area contributed by atoms with E-state index in [0.717, 1.165) is 12.3 Å². The first-order chi connectivity index (χ1) is 9.20. The van der Waals surface area contributed by atoms with Crippen molar-refractivity contribution in [3.63, 3.8) is 0 Å². The van der Waals surface area contributed by atoms with Crippen LogP contribution < -0.4 is 11.5 Å². The summed E-state index contributed by atoms with van der Waals surface area (Å²) >= 11 is 0. The van der Waals surface area contributed by atoms with Crippen LogP contribution in [0.3, 0.4) is 0 Å². The van der Waals surface area contributed by atoms with E-state index in [-0.39, 0.29) is 6.04 Å². The minimum Gasteiger partial charge on any atom is -0.330 e. The molecule has 2 heteroatoms. The topological polar surface area (TPSA) is 52.0 Å². The predicted molar refractivity (Wildman–Crippen MR) is 82.0 cm³/mol. The number of hydrogen-bond acceptors (Lipinski definition) is 2. The fourth-order valence-electron chi connectivity index (χ4n) is 3.12. The van der Waals surface area contributed by atoms with Crippen LogP contribution in [-0.4, -0.2) is 6.54 Å². The Morgan fingerprint density at radius 3 is 2.32 bits per heavy atom. The molecule has 0 radical (unpaired) electrons. The number of nitrogens with two attached hydrogens (primary N) is 2. The van der Waals surface area contributed by atoms with E-state index >= 15 is 0 Å². The van der Waals surface area contributed by atoms with Crippen LogP contribution in [0.1, 0.15) is 68.5 Å². The van der Waals surface area contributed by atoms with Crippen molar-refractivity contribution in [3.05, 3.63) is 35.4 Å². The zero-order valence-electron chi connectivity index (χ0n) is 12.1. The molecule has 1 saturated carbocycles. The summed E-state index contributed by atoms with van der Waals surface area (Å²) < 4.78 is 0. The summed E-state index contributed by atoms with van der Waals surface area (Å²) in [5.41, 5.74) is 14.7. The maximum Gasteiger partial charge on any atom is 0.0297 e. The van der Waals surface area contributed by atoms with Gasteiger partial charge in [0.15, 0.2) is 0 Å². The molecule has 1 aliphatic rings. The zero-order valence-corrected chi connectivity index (χ0v) is 12.1. The molecule has 0 spiro atoms. The molecule has 0 bridgehead atoms. The molecule has 19 heavy (non-hydrogen) atoms. The van der Waals surface area contributed by atoms with Gasteiger partial charge in [0.05, 0.1) is 0 Å². The van der Waals surface area contributed by atoms with Crippen molar-refractivity contribution in [3.8, 4) is 0 Å². The lowest BCUT2D eigenvalue weighted by Crippen LogP contribution is -2.19. The van der Waals surface area contributed by atoms with Crippen molar-refractivity contribution >= 4 is 0 Å². The Kier molecular flexibility index (Phi) is 5.41. The molecule has 1 aromatic carbocycles. The van der Waals surface area contributed by atoms with Gasteiger partial charge in [0.2, 0.25) is 0 Å². The quantitative estimate of drug-likeness (QED) is 0.847. The highest BCUT2D eigenvalue weighted by Crippen LogP contribution is 2.33. The third-order valence-electron chi connectivity index (χ3n) is 4.50. The van der Waals surface area contributed by atoms with Gasteiger partial charge < -0.3 is 11.5 Å². The summed E-state index contributed by atoms with van der Waals surface area (Å²) in [5, 5.41) is 0. The van der Waals surface area contributed by atoms with Crippen LogP contribution >= 0.6 is 0 Å².